The number of amides is 1. The van der Waals surface area contributed by atoms with Crippen LogP contribution in [0.15, 0.2) is 42.0 Å². The van der Waals surface area contributed by atoms with Gasteiger partial charge in [0.25, 0.3) is 0 Å². The maximum absolute atomic E-state index is 11.7. The van der Waals surface area contributed by atoms with Crippen molar-refractivity contribution < 1.29 is 15.0 Å². The number of allylic oxidation sites excluding steroid dienone is 2. The lowest BCUT2D eigenvalue weighted by molar-refractivity contribution is -0.128. The predicted molar refractivity (Wildman–Crippen MR) is 116 cm³/mol. The number of hydrogen-bond acceptors (Lipinski definition) is 3. The summed E-state index contributed by atoms with van der Waals surface area (Å²) < 4.78 is 0. The second-order valence-corrected chi connectivity index (χ2v) is 9.24. The maximum Gasteiger partial charge on any atom is 0.222 e. The molecule has 29 heavy (non-hydrogen) atoms. The summed E-state index contributed by atoms with van der Waals surface area (Å²) in [6.45, 7) is 0. The lowest BCUT2D eigenvalue weighted by atomic mass is 9.85. The number of fused-ring (bicyclic) bond motifs is 1. The molecule has 4 nitrogen and oxygen atoms in total. The summed E-state index contributed by atoms with van der Waals surface area (Å²) in [5.41, 5.74) is 2.68. The van der Waals surface area contributed by atoms with E-state index in [0.717, 1.165) is 44.9 Å². The highest BCUT2D eigenvalue weighted by Crippen LogP contribution is 2.49. The minimum atomic E-state index is -0.341. The van der Waals surface area contributed by atoms with Crippen LogP contribution in [0.1, 0.15) is 56.9 Å². The fourth-order valence-corrected chi connectivity index (χ4v) is 5.22. The zero-order valence-electron chi connectivity index (χ0n) is 18.0. The highest BCUT2D eigenvalue weighted by atomic mass is 16.3. The van der Waals surface area contributed by atoms with Crippen LogP contribution in [0.3, 0.4) is 0 Å². The number of aliphatic hydroxyl groups is 2. The van der Waals surface area contributed by atoms with Crippen LogP contribution in [-0.2, 0) is 11.2 Å². The van der Waals surface area contributed by atoms with Crippen LogP contribution in [0.5, 0.6) is 0 Å². The first-order valence-corrected chi connectivity index (χ1v) is 11.2. The number of nitrogens with zero attached hydrogens (tertiary/aromatic N) is 1. The van der Waals surface area contributed by atoms with Gasteiger partial charge in [-0.2, -0.15) is 0 Å². The minimum Gasteiger partial charge on any atom is -0.393 e. The lowest BCUT2D eigenvalue weighted by Gasteiger charge is -2.23. The highest BCUT2D eigenvalue weighted by molar-refractivity contribution is 5.75. The molecule has 0 radical (unpaired) electrons. The highest BCUT2D eigenvalue weighted by Gasteiger charge is 2.44. The Bertz CT molecular complexity index is 685. The maximum atomic E-state index is 11.7. The number of aliphatic hydroxyl groups excluding tert-OH is 2. The summed E-state index contributed by atoms with van der Waals surface area (Å²) >= 11 is 0. The Hall–Kier alpha value is -1.65. The smallest absolute Gasteiger partial charge is 0.222 e. The molecule has 1 aromatic carbocycles. The largest absolute Gasteiger partial charge is 0.393 e. The third-order valence-electron chi connectivity index (χ3n) is 6.84. The molecule has 160 valence electrons. The molecule has 0 saturated heterocycles. The van der Waals surface area contributed by atoms with Crippen LogP contribution >= 0.6 is 0 Å². The molecule has 0 spiro atoms. The summed E-state index contributed by atoms with van der Waals surface area (Å²) in [6, 6.07) is 10.1. The first kappa shape index (κ1) is 22.0. The molecule has 1 amide bonds. The minimum absolute atomic E-state index is 0.208. The number of rotatable bonds is 10. The van der Waals surface area contributed by atoms with Crippen LogP contribution < -0.4 is 0 Å². The molecule has 0 bridgehead atoms. The van der Waals surface area contributed by atoms with Crippen molar-refractivity contribution in [3.63, 3.8) is 0 Å². The SMILES string of the molecule is CN(C)C(=O)CCCCC1=C[C@H]2C[C@@H](O)[C@H](CC[C@H](O)Cc3ccccc3)[C@H]2C1. The van der Waals surface area contributed by atoms with E-state index in [9.17, 15) is 15.0 Å². The Kier molecular flexibility index (Phi) is 7.91. The summed E-state index contributed by atoms with van der Waals surface area (Å²) in [4.78, 5) is 13.3. The van der Waals surface area contributed by atoms with Crippen LogP contribution in [0, 0.1) is 17.8 Å². The quantitative estimate of drug-likeness (QED) is 0.462. The average molecular weight is 400 g/mol. The van der Waals surface area contributed by atoms with Gasteiger partial charge in [0, 0.05) is 20.5 Å². The van der Waals surface area contributed by atoms with E-state index in [1.54, 1.807) is 4.90 Å². The van der Waals surface area contributed by atoms with E-state index in [0.29, 0.717) is 30.6 Å². The van der Waals surface area contributed by atoms with E-state index in [2.05, 4.69) is 18.2 Å². The Balaban J connectivity index is 1.41. The molecule has 2 aliphatic carbocycles. The Morgan fingerprint density at radius 2 is 1.97 bits per heavy atom. The molecule has 3 rings (SSSR count). The van der Waals surface area contributed by atoms with E-state index in [1.165, 1.54) is 11.1 Å². The second kappa shape index (κ2) is 10.4. The fraction of sp³-hybridized carbons (Fsp3) is 0.640. The van der Waals surface area contributed by atoms with Crippen molar-refractivity contribution in [2.24, 2.45) is 17.8 Å². The summed E-state index contributed by atoms with van der Waals surface area (Å²) in [5.74, 6) is 1.54. The zero-order chi connectivity index (χ0) is 20.8. The third kappa shape index (κ3) is 6.16. The van der Waals surface area contributed by atoms with Crippen molar-refractivity contribution in [1.29, 1.82) is 0 Å². The Labute approximate surface area is 175 Å². The van der Waals surface area contributed by atoms with Gasteiger partial charge in [-0.05, 0) is 74.7 Å². The summed E-state index contributed by atoms with van der Waals surface area (Å²) in [6.07, 6.45) is 9.84. The monoisotopic (exact) mass is 399 g/mol. The molecule has 0 heterocycles. The van der Waals surface area contributed by atoms with E-state index in [-0.39, 0.29) is 18.1 Å². The van der Waals surface area contributed by atoms with E-state index < -0.39 is 0 Å². The molecule has 1 aromatic rings. The predicted octanol–water partition coefficient (Wildman–Crippen LogP) is 3.96. The lowest BCUT2D eigenvalue weighted by Crippen LogP contribution is -2.22. The summed E-state index contributed by atoms with van der Waals surface area (Å²) in [7, 11) is 3.62. The molecular weight excluding hydrogens is 362 g/mol. The van der Waals surface area contributed by atoms with Gasteiger partial charge in [-0.15, -0.1) is 0 Å². The van der Waals surface area contributed by atoms with Crippen LogP contribution in [0.25, 0.3) is 0 Å². The first-order chi connectivity index (χ1) is 13.9. The Morgan fingerprint density at radius 3 is 2.69 bits per heavy atom. The number of carbonyl (C=O) groups is 1. The molecule has 0 aromatic heterocycles. The van der Waals surface area contributed by atoms with E-state index in [4.69, 9.17) is 0 Å². The molecule has 2 aliphatic rings. The van der Waals surface area contributed by atoms with E-state index in [1.807, 2.05) is 32.3 Å². The Morgan fingerprint density at radius 1 is 1.21 bits per heavy atom. The standard InChI is InChI=1S/C25H37NO3/c1-26(2)25(29)11-7-6-10-19-14-20-17-24(28)22(23(20)16-19)13-12-21(27)15-18-8-4-3-5-9-18/h3-5,8-9,14,20-24,27-28H,6-7,10-13,15-17H2,1-2H3/t20-,21-,22+,23-,24+/m0/s1. The fourth-order valence-electron chi connectivity index (χ4n) is 5.22. The van der Waals surface area contributed by atoms with Crippen molar-refractivity contribution in [3.05, 3.63) is 47.5 Å². The van der Waals surface area contributed by atoms with Gasteiger partial charge in [-0.1, -0.05) is 42.0 Å². The number of unbranched alkanes of at least 4 members (excludes halogenated alkanes) is 1. The van der Waals surface area contributed by atoms with Gasteiger partial charge in [-0.25, -0.2) is 0 Å². The zero-order valence-corrected chi connectivity index (χ0v) is 18.0. The molecule has 5 atom stereocenters. The van der Waals surface area contributed by atoms with Crippen molar-refractivity contribution in [2.45, 2.75) is 70.0 Å². The van der Waals surface area contributed by atoms with Gasteiger partial charge in [0.2, 0.25) is 5.91 Å². The van der Waals surface area contributed by atoms with Crippen LogP contribution in [0.4, 0.5) is 0 Å². The number of carbonyl (C=O) groups excluding carboxylic acids is 1. The van der Waals surface area contributed by atoms with Crippen molar-refractivity contribution in [1.82, 2.24) is 4.90 Å². The molecule has 1 saturated carbocycles. The van der Waals surface area contributed by atoms with Gasteiger partial charge in [0.1, 0.15) is 0 Å². The second-order valence-electron chi connectivity index (χ2n) is 9.24. The van der Waals surface area contributed by atoms with Crippen molar-refractivity contribution in [3.8, 4) is 0 Å². The normalized spacial score (nSPS) is 26.8. The van der Waals surface area contributed by atoms with Crippen molar-refractivity contribution in [2.75, 3.05) is 14.1 Å². The molecule has 1 fully saturated rings. The number of hydrogen-bond donors (Lipinski definition) is 2. The molecule has 2 N–H and O–H groups in total. The third-order valence-corrected chi connectivity index (χ3v) is 6.84. The van der Waals surface area contributed by atoms with Gasteiger partial charge < -0.3 is 15.1 Å². The van der Waals surface area contributed by atoms with Crippen molar-refractivity contribution >= 4 is 5.91 Å². The summed E-state index contributed by atoms with van der Waals surface area (Å²) in [5, 5.41) is 21.0. The van der Waals surface area contributed by atoms with E-state index >= 15 is 0 Å². The topological polar surface area (TPSA) is 60.8 Å². The molecule has 4 heteroatoms. The number of benzene rings is 1. The average Bonchev–Trinajstić information content (AvgIpc) is 3.20. The van der Waals surface area contributed by atoms with Gasteiger partial charge in [0.15, 0.2) is 0 Å². The van der Waals surface area contributed by atoms with Crippen LogP contribution in [-0.4, -0.2) is 47.3 Å². The molecular formula is C25H37NO3. The van der Waals surface area contributed by atoms with Gasteiger partial charge in [0.05, 0.1) is 12.2 Å². The molecule has 0 unspecified atom stereocenters. The van der Waals surface area contributed by atoms with Gasteiger partial charge in [-0.3, -0.25) is 4.79 Å². The van der Waals surface area contributed by atoms with Crippen LogP contribution in [0.2, 0.25) is 0 Å². The molecule has 0 aliphatic heterocycles. The van der Waals surface area contributed by atoms with Gasteiger partial charge >= 0.3 is 0 Å². The first-order valence-electron chi connectivity index (χ1n) is 11.2.